The van der Waals surface area contributed by atoms with Crippen molar-refractivity contribution in [1.29, 1.82) is 0 Å². The molecular formula is C15H24FN3O. The molecule has 0 bridgehead atoms. The molecule has 0 spiro atoms. The van der Waals surface area contributed by atoms with Gasteiger partial charge < -0.3 is 15.5 Å². The number of nitrogens with zero attached hydrogens (tertiary/aromatic N) is 1. The summed E-state index contributed by atoms with van der Waals surface area (Å²) in [6.45, 7) is 7.37. The Morgan fingerprint density at radius 3 is 2.60 bits per heavy atom. The summed E-state index contributed by atoms with van der Waals surface area (Å²) in [7, 11) is 1.58. The van der Waals surface area contributed by atoms with Gasteiger partial charge in [0.1, 0.15) is 5.82 Å². The summed E-state index contributed by atoms with van der Waals surface area (Å²) < 4.78 is 14.2. The van der Waals surface area contributed by atoms with Crippen molar-refractivity contribution in [2.75, 3.05) is 25.0 Å². The summed E-state index contributed by atoms with van der Waals surface area (Å²) in [5.41, 5.74) is 1.36. The molecule has 112 valence electrons. The van der Waals surface area contributed by atoms with Gasteiger partial charge in [-0.25, -0.2) is 4.39 Å². The lowest BCUT2D eigenvalue weighted by molar-refractivity contribution is -0.119. The number of anilines is 1. The number of likely N-dealkylation sites (N-methyl/N-ethyl adjacent to an activating group) is 2. The minimum Gasteiger partial charge on any atom is -0.360 e. The van der Waals surface area contributed by atoms with Gasteiger partial charge >= 0.3 is 0 Å². The summed E-state index contributed by atoms with van der Waals surface area (Å²) in [5.74, 6) is -0.421. The van der Waals surface area contributed by atoms with E-state index in [1.165, 1.54) is 6.07 Å². The van der Waals surface area contributed by atoms with Crippen molar-refractivity contribution in [1.82, 2.24) is 10.6 Å². The smallest absolute Gasteiger partial charge is 0.239 e. The molecule has 1 rings (SSSR count). The van der Waals surface area contributed by atoms with Crippen molar-refractivity contribution in [3.63, 3.8) is 0 Å². The van der Waals surface area contributed by atoms with Gasteiger partial charge in [0.25, 0.3) is 0 Å². The van der Waals surface area contributed by atoms with Crippen LogP contribution in [0.15, 0.2) is 18.2 Å². The second kappa shape index (κ2) is 7.85. The lowest BCUT2D eigenvalue weighted by Crippen LogP contribution is -2.36. The van der Waals surface area contributed by atoms with Crippen LogP contribution < -0.4 is 15.5 Å². The molecule has 0 aliphatic heterocycles. The molecule has 0 fully saturated rings. The number of benzene rings is 1. The number of rotatable bonds is 7. The van der Waals surface area contributed by atoms with E-state index < -0.39 is 0 Å². The van der Waals surface area contributed by atoms with Crippen LogP contribution in [0, 0.1) is 5.82 Å². The summed E-state index contributed by atoms with van der Waals surface area (Å²) >= 11 is 0. The summed E-state index contributed by atoms with van der Waals surface area (Å²) in [4.78, 5) is 13.1. The number of carbonyl (C=O) groups is 1. The highest BCUT2D eigenvalue weighted by molar-refractivity contribution is 5.81. The van der Waals surface area contributed by atoms with Crippen molar-refractivity contribution in [2.24, 2.45) is 0 Å². The van der Waals surface area contributed by atoms with Gasteiger partial charge in [0.15, 0.2) is 0 Å². The van der Waals surface area contributed by atoms with Crippen LogP contribution in [0.5, 0.6) is 0 Å². The maximum atomic E-state index is 14.2. The molecule has 5 heteroatoms. The number of amides is 1. The van der Waals surface area contributed by atoms with E-state index in [2.05, 4.69) is 10.6 Å². The second-order valence-corrected chi connectivity index (χ2v) is 5.01. The summed E-state index contributed by atoms with van der Waals surface area (Å²) in [6, 6.07) is 5.51. The molecule has 0 aliphatic carbocycles. The summed E-state index contributed by atoms with van der Waals surface area (Å²) in [5, 5.41) is 5.80. The molecule has 20 heavy (non-hydrogen) atoms. The van der Waals surface area contributed by atoms with Crippen LogP contribution in [-0.4, -0.2) is 32.1 Å². The predicted octanol–water partition coefficient (Wildman–Crippen LogP) is 1.90. The largest absolute Gasteiger partial charge is 0.360 e. The van der Waals surface area contributed by atoms with Gasteiger partial charge in [0, 0.05) is 26.2 Å². The Morgan fingerprint density at radius 2 is 2.10 bits per heavy atom. The van der Waals surface area contributed by atoms with Crippen LogP contribution in [0.1, 0.15) is 26.3 Å². The molecular weight excluding hydrogens is 257 g/mol. The lowest BCUT2D eigenvalue weighted by Gasteiger charge is -2.23. The van der Waals surface area contributed by atoms with E-state index in [0.29, 0.717) is 24.8 Å². The SMILES string of the molecule is CCN(CC(=O)NC)c1ccc(CNC(C)C)cc1F. The Bertz CT molecular complexity index is 449. The molecule has 0 radical (unpaired) electrons. The van der Waals surface area contributed by atoms with E-state index in [-0.39, 0.29) is 18.3 Å². The van der Waals surface area contributed by atoms with Gasteiger partial charge in [0.05, 0.1) is 12.2 Å². The van der Waals surface area contributed by atoms with Gasteiger partial charge in [-0.3, -0.25) is 4.79 Å². The first-order chi connectivity index (χ1) is 9.47. The van der Waals surface area contributed by atoms with Crippen LogP contribution in [-0.2, 0) is 11.3 Å². The molecule has 0 atom stereocenters. The zero-order chi connectivity index (χ0) is 15.1. The van der Waals surface area contributed by atoms with E-state index in [0.717, 1.165) is 5.56 Å². The van der Waals surface area contributed by atoms with Crippen LogP contribution in [0.4, 0.5) is 10.1 Å². The number of halogens is 1. The van der Waals surface area contributed by atoms with E-state index >= 15 is 0 Å². The Labute approximate surface area is 120 Å². The molecule has 0 saturated carbocycles. The van der Waals surface area contributed by atoms with Crippen molar-refractivity contribution in [3.8, 4) is 0 Å². The third kappa shape index (κ3) is 4.81. The van der Waals surface area contributed by atoms with Crippen molar-refractivity contribution >= 4 is 11.6 Å². The average molecular weight is 281 g/mol. The first-order valence-corrected chi connectivity index (χ1v) is 6.95. The average Bonchev–Trinajstić information content (AvgIpc) is 2.42. The highest BCUT2D eigenvalue weighted by Crippen LogP contribution is 2.20. The Kier molecular flexibility index (Phi) is 6.45. The van der Waals surface area contributed by atoms with E-state index in [1.54, 1.807) is 18.0 Å². The van der Waals surface area contributed by atoms with Crippen molar-refractivity contribution in [2.45, 2.75) is 33.4 Å². The molecule has 1 aromatic carbocycles. The molecule has 1 amide bonds. The zero-order valence-electron chi connectivity index (χ0n) is 12.7. The fraction of sp³-hybridized carbons (Fsp3) is 0.533. The standard InChI is InChI=1S/C15H24FN3O/c1-5-19(10-15(20)17-4)14-7-6-12(8-13(14)16)9-18-11(2)3/h6-8,11,18H,5,9-10H2,1-4H3,(H,17,20). The topological polar surface area (TPSA) is 44.4 Å². The highest BCUT2D eigenvalue weighted by atomic mass is 19.1. The molecule has 2 N–H and O–H groups in total. The number of hydrogen-bond acceptors (Lipinski definition) is 3. The highest BCUT2D eigenvalue weighted by Gasteiger charge is 2.13. The third-order valence-electron chi connectivity index (χ3n) is 3.06. The number of hydrogen-bond donors (Lipinski definition) is 2. The summed E-state index contributed by atoms with van der Waals surface area (Å²) in [6.07, 6.45) is 0. The van der Waals surface area contributed by atoms with Crippen LogP contribution >= 0.6 is 0 Å². The maximum absolute atomic E-state index is 14.2. The molecule has 0 saturated heterocycles. The van der Waals surface area contributed by atoms with Crippen molar-refractivity contribution < 1.29 is 9.18 Å². The van der Waals surface area contributed by atoms with E-state index in [1.807, 2.05) is 26.8 Å². The first kappa shape index (κ1) is 16.4. The fourth-order valence-electron chi connectivity index (χ4n) is 1.86. The number of nitrogens with one attached hydrogen (secondary N) is 2. The van der Waals surface area contributed by atoms with Gasteiger partial charge in [-0.15, -0.1) is 0 Å². The Hall–Kier alpha value is -1.62. The van der Waals surface area contributed by atoms with Crippen LogP contribution in [0.3, 0.4) is 0 Å². The fourth-order valence-corrected chi connectivity index (χ4v) is 1.86. The van der Waals surface area contributed by atoms with Crippen molar-refractivity contribution in [3.05, 3.63) is 29.6 Å². The van der Waals surface area contributed by atoms with E-state index in [4.69, 9.17) is 0 Å². The monoisotopic (exact) mass is 281 g/mol. The molecule has 0 aromatic heterocycles. The van der Waals surface area contributed by atoms with E-state index in [9.17, 15) is 9.18 Å². The van der Waals surface area contributed by atoms with Gasteiger partial charge in [-0.05, 0) is 24.6 Å². The zero-order valence-corrected chi connectivity index (χ0v) is 12.7. The quantitative estimate of drug-likeness (QED) is 0.802. The van der Waals surface area contributed by atoms with Gasteiger partial charge in [0.2, 0.25) is 5.91 Å². The van der Waals surface area contributed by atoms with Gasteiger partial charge in [-0.2, -0.15) is 0 Å². The van der Waals surface area contributed by atoms with Crippen LogP contribution in [0.2, 0.25) is 0 Å². The number of carbonyl (C=O) groups excluding carboxylic acids is 1. The minimum absolute atomic E-state index is 0.128. The third-order valence-corrected chi connectivity index (χ3v) is 3.06. The molecule has 4 nitrogen and oxygen atoms in total. The molecule has 0 aliphatic rings. The molecule has 0 heterocycles. The normalized spacial score (nSPS) is 10.7. The Morgan fingerprint density at radius 1 is 1.40 bits per heavy atom. The van der Waals surface area contributed by atoms with Gasteiger partial charge in [-0.1, -0.05) is 19.9 Å². The predicted molar refractivity (Wildman–Crippen MR) is 80.3 cm³/mol. The minimum atomic E-state index is -0.293. The molecule has 0 unspecified atom stereocenters. The Balaban J connectivity index is 2.82. The molecule has 1 aromatic rings. The maximum Gasteiger partial charge on any atom is 0.239 e. The van der Waals surface area contributed by atoms with Crippen LogP contribution in [0.25, 0.3) is 0 Å². The lowest BCUT2D eigenvalue weighted by atomic mass is 10.1. The second-order valence-electron chi connectivity index (χ2n) is 5.01. The first-order valence-electron chi connectivity index (χ1n) is 6.95.